The third-order valence-electron chi connectivity index (χ3n) is 2.33. The lowest BCUT2D eigenvalue weighted by molar-refractivity contribution is -0.121. The van der Waals surface area contributed by atoms with Gasteiger partial charge in [0, 0.05) is 26.6 Å². The Morgan fingerprint density at radius 2 is 1.95 bits per heavy atom. The van der Waals surface area contributed by atoms with Gasteiger partial charge in [0.25, 0.3) is 0 Å². The number of anilines is 1. The minimum Gasteiger partial charge on any atom is -0.383 e. The number of carbonyl (C=O) groups is 1. The second-order valence-corrected chi connectivity index (χ2v) is 3.74. The molecule has 0 saturated carbocycles. The summed E-state index contributed by atoms with van der Waals surface area (Å²) < 4.78 is 43.6. The van der Waals surface area contributed by atoms with E-state index in [1.807, 2.05) is 0 Å². The van der Waals surface area contributed by atoms with Gasteiger partial charge in [-0.2, -0.15) is 0 Å². The Bertz CT molecular complexity index is 441. The van der Waals surface area contributed by atoms with Gasteiger partial charge in [0.2, 0.25) is 5.91 Å². The van der Waals surface area contributed by atoms with Gasteiger partial charge in [0.1, 0.15) is 0 Å². The summed E-state index contributed by atoms with van der Waals surface area (Å²) in [6, 6.07) is 1.90. The minimum absolute atomic E-state index is 0.0855. The molecule has 1 amide bonds. The van der Waals surface area contributed by atoms with E-state index in [0.717, 1.165) is 12.1 Å². The van der Waals surface area contributed by atoms with Gasteiger partial charge in [-0.15, -0.1) is 0 Å². The molecular weight excluding hydrogens is 261 g/mol. The van der Waals surface area contributed by atoms with Gasteiger partial charge in [0.05, 0.1) is 12.3 Å². The summed E-state index contributed by atoms with van der Waals surface area (Å²) in [5.41, 5.74) is -0.177. The number of nitrogens with one attached hydrogen (secondary N) is 2. The number of methoxy groups -OCH3 is 1. The van der Waals surface area contributed by atoms with Crippen molar-refractivity contribution >= 4 is 11.6 Å². The highest BCUT2D eigenvalue weighted by Crippen LogP contribution is 2.19. The predicted octanol–water partition coefficient (Wildman–Crippen LogP) is 1.67. The Kier molecular flexibility index (Phi) is 6.14. The molecule has 0 fully saturated rings. The first-order valence-electron chi connectivity index (χ1n) is 5.69. The molecule has 0 aliphatic heterocycles. The maximum atomic E-state index is 13.2. The van der Waals surface area contributed by atoms with Crippen LogP contribution in [0.15, 0.2) is 12.1 Å². The zero-order valence-corrected chi connectivity index (χ0v) is 10.4. The highest BCUT2D eigenvalue weighted by atomic mass is 19.2. The van der Waals surface area contributed by atoms with E-state index in [1.54, 1.807) is 0 Å². The molecule has 1 aromatic carbocycles. The number of halogens is 3. The molecule has 0 unspecified atom stereocenters. The van der Waals surface area contributed by atoms with Gasteiger partial charge in [0.15, 0.2) is 17.5 Å². The maximum Gasteiger partial charge on any atom is 0.221 e. The van der Waals surface area contributed by atoms with Gasteiger partial charge < -0.3 is 15.4 Å². The first-order valence-corrected chi connectivity index (χ1v) is 5.69. The van der Waals surface area contributed by atoms with E-state index in [0.29, 0.717) is 13.2 Å². The van der Waals surface area contributed by atoms with Crippen molar-refractivity contribution in [1.29, 1.82) is 0 Å². The highest BCUT2D eigenvalue weighted by molar-refractivity contribution is 5.76. The van der Waals surface area contributed by atoms with E-state index in [-0.39, 0.29) is 24.6 Å². The van der Waals surface area contributed by atoms with E-state index in [9.17, 15) is 18.0 Å². The lowest BCUT2D eigenvalue weighted by Crippen LogP contribution is -2.28. The molecule has 106 valence electrons. The van der Waals surface area contributed by atoms with Crippen LogP contribution in [0.5, 0.6) is 0 Å². The molecule has 0 heterocycles. The zero-order chi connectivity index (χ0) is 14.3. The Labute approximate surface area is 108 Å². The van der Waals surface area contributed by atoms with E-state index in [4.69, 9.17) is 4.74 Å². The predicted molar refractivity (Wildman–Crippen MR) is 64.3 cm³/mol. The molecule has 2 N–H and O–H groups in total. The van der Waals surface area contributed by atoms with Crippen LogP contribution in [0.1, 0.15) is 6.42 Å². The van der Waals surface area contributed by atoms with E-state index in [2.05, 4.69) is 10.6 Å². The number of benzene rings is 1. The standard InChI is InChI=1S/C12H15F3N2O2/c1-19-7-6-17-10(18)4-5-16-9-3-2-8(13)11(14)12(9)15/h2-3,16H,4-7H2,1H3,(H,17,18). The first kappa shape index (κ1) is 15.3. The Morgan fingerprint density at radius 1 is 1.21 bits per heavy atom. The molecular formula is C12H15F3N2O2. The average molecular weight is 276 g/mol. The molecule has 1 aromatic rings. The van der Waals surface area contributed by atoms with Crippen molar-refractivity contribution in [3.05, 3.63) is 29.6 Å². The van der Waals surface area contributed by atoms with E-state index >= 15 is 0 Å². The fourth-order valence-electron chi connectivity index (χ4n) is 1.35. The van der Waals surface area contributed by atoms with Crippen LogP contribution >= 0.6 is 0 Å². The zero-order valence-electron chi connectivity index (χ0n) is 10.4. The number of hydrogen-bond donors (Lipinski definition) is 2. The fourth-order valence-corrected chi connectivity index (χ4v) is 1.35. The van der Waals surface area contributed by atoms with Crippen LogP contribution in [0.2, 0.25) is 0 Å². The lowest BCUT2D eigenvalue weighted by Gasteiger charge is -2.08. The largest absolute Gasteiger partial charge is 0.383 e. The van der Waals surface area contributed by atoms with E-state index < -0.39 is 17.5 Å². The van der Waals surface area contributed by atoms with Crippen LogP contribution in [0.25, 0.3) is 0 Å². The highest BCUT2D eigenvalue weighted by Gasteiger charge is 2.13. The molecule has 0 aliphatic rings. The van der Waals surface area contributed by atoms with Gasteiger partial charge >= 0.3 is 0 Å². The molecule has 0 aliphatic carbocycles. The summed E-state index contributed by atoms with van der Waals surface area (Å²) in [6.45, 7) is 0.895. The number of carbonyl (C=O) groups excluding carboxylic acids is 1. The number of amides is 1. The summed E-state index contributed by atoms with van der Waals surface area (Å²) in [4.78, 5) is 11.3. The topological polar surface area (TPSA) is 50.4 Å². The monoisotopic (exact) mass is 276 g/mol. The number of hydrogen-bond acceptors (Lipinski definition) is 3. The Morgan fingerprint density at radius 3 is 2.63 bits per heavy atom. The fraction of sp³-hybridized carbons (Fsp3) is 0.417. The van der Waals surface area contributed by atoms with Crippen LogP contribution in [0, 0.1) is 17.5 Å². The van der Waals surface area contributed by atoms with Crippen molar-refractivity contribution in [2.45, 2.75) is 6.42 Å². The third-order valence-corrected chi connectivity index (χ3v) is 2.33. The summed E-state index contributed by atoms with van der Waals surface area (Å²) in [5.74, 6) is -4.32. The molecule has 4 nitrogen and oxygen atoms in total. The van der Waals surface area contributed by atoms with Crippen molar-refractivity contribution in [2.75, 3.05) is 32.1 Å². The van der Waals surface area contributed by atoms with Crippen molar-refractivity contribution in [3.63, 3.8) is 0 Å². The Balaban J connectivity index is 2.37. The van der Waals surface area contributed by atoms with Crippen LogP contribution in [-0.2, 0) is 9.53 Å². The van der Waals surface area contributed by atoms with Crippen LogP contribution in [0.3, 0.4) is 0 Å². The van der Waals surface area contributed by atoms with Crippen LogP contribution in [-0.4, -0.2) is 32.7 Å². The number of ether oxygens (including phenoxy) is 1. The van der Waals surface area contributed by atoms with E-state index in [1.165, 1.54) is 7.11 Å². The molecule has 0 spiro atoms. The van der Waals surface area contributed by atoms with Crippen molar-refractivity contribution < 1.29 is 22.7 Å². The second kappa shape index (κ2) is 7.63. The number of rotatable bonds is 7. The Hall–Kier alpha value is -1.76. The molecule has 0 saturated heterocycles. The molecule has 0 bridgehead atoms. The van der Waals surface area contributed by atoms with Crippen LogP contribution < -0.4 is 10.6 Å². The summed E-state index contributed by atoms with van der Waals surface area (Å²) in [5, 5.41) is 5.10. The normalized spacial score (nSPS) is 10.3. The summed E-state index contributed by atoms with van der Waals surface area (Å²) in [6.07, 6.45) is 0.0855. The van der Waals surface area contributed by atoms with Crippen molar-refractivity contribution in [3.8, 4) is 0 Å². The van der Waals surface area contributed by atoms with Crippen LogP contribution in [0.4, 0.5) is 18.9 Å². The third kappa shape index (κ3) is 4.78. The molecule has 0 aromatic heterocycles. The molecule has 1 rings (SSSR count). The molecule has 0 radical (unpaired) electrons. The van der Waals surface area contributed by atoms with Crippen molar-refractivity contribution in [1.82, 2.24) is 5.32 Å². The quantitative estimate of drug-likeness (QED) is 0.588. The average Bonchev–Trinajstić information content (AvgIpc) is 2.39. The maximum absolute atomic E-state index is 13.2. The SMILES string of the molecule is COCCNC(=O)CCNc1ccc(F)c(F)c1F. The smallest absolute Gasteiger partial charge is 0.221 e. The second-order valence-electron chi connectivity index (χ2n) is 3.74. The van der Waals surface area contributed by atoms with Gasteiger partial charge in [-0.1, -0.05) is 0 Å². The minimum atomic E-state index is -1.53. The van der Waals surface area contributed by atoms with Gasteiger partial charge in [-0.3, -0.25) is 4.79 Å². The van der Waals surface area contributed by atoms with Crippen molar-refractivity contribution in [2.24, 2.45) is 0 Å². The van der Waals surface area contributed by atoms with Gasteiger partial charge in [-0.25, -0.2) is 13.2 Å². The molecule has 0 atom stereocenters. The lowest BCUT2D eigenvalue weighted by atomic mass is 10.2. The molecule has 19 heavy (non-hydrogen) atoms. The first-order chi connectivity index (χ1) is 9.06. The summed E-state index contributed by atoms with van der Waals surface area (Å²) >= 11 is 0. The molecule has 7 heteroatoms. The van der Waals surface area contributed by atoms with Gasteiger partial charge in [-0.05, 0) is 12.1 Å². The summed E-state index contributed by atoms with van der Waals surface area (Å²) in [7, 11) is 1.51.